The van der Waals surface area contributed by atoms with Gasteiger partial charge in [0.1, 0.15) is 11.6 Å². The third-order valence-electron chi connectivity index (χ3n) is 4.17. The van der Waals surface area contributed by atoms with Gasteiger partial charge in [0.25, 0.3) is 0 Å². The average molecular weight is 393 g/mol. The number of benzene rings is 2. The van der Waals surface area contributed by atoms with Gasteiger partial charge in [-0.3, -0.25) is 9.88 Å². The molecular weight excluding hydrogens is 364 g/mol. The first-order valence-corrected chi connectivity index (χ1v) is 11.1. The molecule has 0 spiro atoms. The molecule has 4 nitrogen and oxygen atoms in total. The predicted octanol–water partition coefficient (Wildman–Crippen LogP) is 6.22. The smallest absolute Gasteiger partial charge is 0.307 e. The van der Waals surface area contributed by atoms with Crippen molar-refractivity contribution in [3.05, 3.63) is 71.5 Å². The van der Waals surface area contributed by atoms with Gasteiger partial charge in [-0.2, -0.15) is 0 Å². The van der Waals surface area contributed by atoms with Gasteiger partial charge in [-0.15, -0.1) is 0 Å². The molecule has 0 aromatic heterocycles. The van der Waals surface area contributed by atoms with Crippen LogP contribution in [0, 0.1) is 5.82 Å². The van der Waals surface area contributed by atoms with E-state index in [4.69, 9.17) is 9.05 Å². The number of halogens is 1. The van der Waals surface area contributed by atoms with Crippen LogP contribution in [0.25, 0.3) is 0 Å². The van der Waals surface area contributed by atoms with Crippen molar-refractivity contribution in [1.82, 2.24) is 5.32 Å². The summed E-state index contributed by atoms with van der Waals surface area (Å²) in [6.45, 7) is 6.39. The van der Waals surface area contributed by atoms with Gasteiger partial charge in [0.2, 0.25) is 0 Å². The Kier molecular flexibility index (Phi) is 8.65. The van der Waals surface area contributed by atoms with E-state index in [0.717, 1.165) is 5.56 Å². The van der Waals surface area contributed by atoms with E-state index >= 15 is 0 Å². The quantitative estimate of drug-likeness (QED) is 0.460. The van der Waals surface area contributed by atoms with E-state index in [1.807, 2.05) is 51.1 Å². The first kappa shape index (κ1) is 21.8. The van der Waals surface area contributed by atoms with Crippen LogP contribution in [0.1, 0.15) is 56.6 Å². The number of hydrogen-bond donors (Lipinski definition) is 1. The first-order valence-electron chi connectivity index (χ1n) is 9.46. The zero-order valence-electron chi connectivity index (χ0n) is 16.2. The SMILES string of the molecule is CCCOP(=O)(OCCC)C(N[C@@H](C)c1ccccc1)c1ccccc1F. The van der Waals surface area contributed by atoms with Crippen LogP contribution in [0.2, 0.25) is 0 Å². The highest BCUT2D eigenvalue weighted by atomic mass is 31.2. The number of hydrogen-bond acceptors (Lipinski definition) is 4. The molecular formula is C21H29FNO3P. The summed E-state index contributed by atoms with van der Waals surface area (Å²) in [4.78, 5) is 0. The van der Waals surface area contributed by atoms with Gasteiger partial charge in [0, 0.05) is 11.6 Å². The molecule has 1 N–H and O–H groups in total. The van der Waals surface area contributed by atoms with Gasteiger partial charge >= 0.3 is 7.60 Å². The molecule has 148 valence electrons. The summed E-state index contributed by atoms with van der Waals surface area (Å²) >= 11 is 0. The third-order valence-corrected chi connectivity index (χ3v) is 6.32. The van der Waals surface area contributed by atoms with Crippen LogP contribution in [0.4, 0.5) is 4.39 Å². The van der Waals surface area contributed by atoms with Crippen LogP contribution in [0.15, 0.2) is 54.6 Å². The van der Waals surface area contributed by atoms with Crippen molar-refractivity contribution < 1.29 is 18.0 Å². The minimum Gasteiger partial charge on any atom is -0.307 e. The highest BCUT2D eigenvalue weighted by molar-refractivity contribution is 7.54. The molecule has 0 saturated carbocycles. The van der Waals surface area contributed by atoms with E-state index in [1.54, 1.807) is 18.2 Å². The lowest BCUT2D eigenvalue weighted by Gasteiger charge is -2.30. The lowest BCUT2D eigenvalue weighted by Crippen LogP contribution is -2.27. The molecule has 0 aliphatic heterocycles. The van der Waals surface area contributed by atoms with Crippen LogP contribution in [-0.4, -0.2) is 13.2 Å². The van der Waals surface area contributed by atoms with Gasteiger partial charge in [0.15, 0.2) is 0 Å². The Labute approximate surface area is 161 Å². The lowest BCUT2D eigenvalue weighted by atomic mass is 10.1. The second kappa shape index (κ2) is 10.7. The van der Waals surface area contributed by atoms with Crippen LogP contribution < -0.4 is 5.32 Å². The molecule has 2 aromatic rings. The average Bonchev–Trinajstić information content (AvgIpc) is 2.70. The van der Waals surface area contributed by atoms with Crippen molar-refractivity contribution in [3.8, 4) is 0 Å². The summed E-state index contributed by atoms with van der Waals surface area (Å²) in [6, 6.07) is 15.9. The molecule has 0 aliphatic rings. The molecule has 2 atom stereocenters. The Bertz CT molecular complexity index is 729. The van der Waals surface area contributed by atoms with Crippen LogP contribution in [-0.2, 0) is 13.6 Å². The van der Waals surface area contributed by atoms with E-state index < -0.39 is 19.2 Å². The van der Waals surface area contributed by atoms with Crippen molar-refractivity contribution in [2.45, 2.75) is 45.4 Å². The summed E-state index contributed by atoms with van der Waals surface area (Å²) < 4.78 is 39.7. The van der Waals surface area contributed by atoms with E-state index in [-0.39, 0.29) is 24.8 Å². The zero-order valence-corrected chi connectivity index (χ0v) is 17.1. The minimum atomic E-state index is -3.64. The molecule has 2 aromatic carbocycles. The maximum Gasteiger partial charge on any atom is 0.352 e. The molecule has 0 aliphatic carbocycles. The van der Waals surface area contributed by atoms with E-state index in [2.05, 4.69) is 5.32 Å². The zero-order chi connectivity index (χ0) is 19.7. The first-order chi connectivity index (χ1) is 13.0. The van der Waals surface area contributed by atoms with E-state index in [9.17, 15) is 8.96 Å². The molecule has 6 heteroatoms. The Morgan fingerprint density at radius 1 is 0.963 bits per heavy atom. The minimum absolute atomic E-state index is 0.167. The molecule has 27 heavy (non-hydrogen) atoms. The normalized spacial score (nSPS) is 14.1. The summed E-state index contributed by atoms with van der Waals surface area (Å²) in [7, 11) is -3.64. The maximum atomic E-state index is 14.6. The van der Waals surface area contributed by atoms with Crippen LogP contribution in [0.5, 0.6) is 0 Å². The fourth-order valence-electron chi connectivity index (χ4n) is 2.75. The van der Waals surface area contributed by atoms with Crippen molar-refractivity contribution in [3.63, 3.8) is 0 Å². The molecule has 0 bridgehead atoms. The maximum absolute atomic E-state index is 14.6. The highest BCUT2D eigenvalue weighted by Gasteiger charge is 2.39. The fraction of sp³-hybridized carbons (Fsp3) is 0.429. The Balaban J connectivity index is 2.41. The second-order valence-electron chi connectivity index (χ2n) is 6.43. The van der Waals surface area contributed by atoms with Crippen molar-refractivity contribution in [1.29, 1.82) is 0 Å². The van der Waals surface area contributed by atoms with Gasteiger partial charge in [-0.1, -0.05) is 62.4 Å². The monoisotopic (exact) mass is 393 g/mol. The number of nitrogens with one attached hydrogen (secondary N) is 1. The van der Waals surface area contributed by atoms with Crippen molar-refractivity contribution >= 4 is 7.60 Å². The van der Waals surface area contributed by atoms with E-state index in [0.29, 0.717) is 12.8 Å². The summed E-state index contributed by atoms with van der Waals surface area (Å²) in [5.41, 5.74) is 1.30. The molecule has 0 amide bonds. The van der Waals surface area contributed by atoms with Crippen LogP contribution >= 0.6 is 7.60 Å². The summed E-state index contributed by atoms with van der Waals surface area (Å²) in [5.74, 6) is -1.33. The van der Waals surface area contributed by atoms with Crippen LogP contribution in [0.3, 0.4) is 0 Å². The fourth-order valence-corrected chi connectivity index (χ4v) is 4.95. The van der Waals surface area contributed by atoms with Crippen molar-refractivity contribution in [2.24, 2.45) is 0 Å². The highest BCUT2D eigenvalue weighted by Crippen LogP contribution is 2.60. The second-order valence-corrected chi connectivity index (χ2v) is 8.54. The Hall–Kier alpha value is -1.52. The van der Waals surface area contributed by atoms with Gasteiger partial charge in [0.05, 0.1) is 13.2 Å². The largest absolute Gasteiger partial charge is 0.352 e. The molecule has 0 radical (unpaired) electrons. The van der Waals surface area contributed by atoms with Gasteiger partial charge in [-0.25, -0.2) is 4.39 Å². The van der Waals surface area contributed by atoms with E-state index in [1.165, 1.54) is 6.07 Å². The van der Waals surface area contributed by atoms with Crippen molar-refractivity contribution in [2.75, 3.05) is 13.2 Å². The standard InChI is InChI=1S/C21H29FNO3P/c1-4-15-25-27(24,26-16-5-2)21(19-13-9-10-14-20(19)22)23-17(3)18-11-7-6-8-12-18/h6-14,17,21,23H,4-5,15-16H2,1-3H3/t17-,21?/m0/s1. The molecule has 0 saturated heterocycles. The topological polar surface area (TPSA) is 47.6 Å². The predicted molar refractivity (Wildman–Crippen MR) is 107 cm³/mol. The third kappa shape index (κ3) is 5.98. The van der Waals surface area contributed by atoms with Gasteiger partial charge < -0.3 is 9.05 Å². The Morgan fingerprint density at radius 2 is 1.52 bits per heavy atom. The summed E-state index contributed by atoms with van der Waals surface area (Å²) in [5, 5.41) is 3.30. The molecule has 0 heterocycles. The summed E-state index contributed by atoms with van der Waals surface area (Å²) in [6.07, 6.45) is 1.38. The molecule has 0 fully saturated rings. The number of rotatable bonds is 11. The molecule has 2 rings (SSSR count). The lowest BCUT2D eigenvalue weighted by molar-refractivity contribution is 0.190. The Morgan fingerprint density at radius 3 is 2.07 bits per heavy atom. The molecule has 1 unspecified atom stereocenters. The van der Waals surface area contributed by atoms with Gasteiger partial charge in [-0.05, 0) is 31.4 Å².